The van der Waals surface area contributed by atoms with E-state index in [4.69, 9.17) is 0 Å². The topological polar surface area (TPSA) is 36.1 Å². The molecule has 0 aliphatic heterocycles. The highest BCUT2D eigenvalue weighted by molar-refractivity contribution is 6.90. The Morgan fingerprint density at radius 1 is 0.818 bits per heavy atom. The first-order valence-corrected chi connectivity index (χ1v) is 15.3. The second-order valence-corrected chi connectivity index (χ2v) is 16.7. The minimum absolute atomic E-state index is 0.863. The minimum Gasteiger partial charge on any atom is -0.335 e. The van der Waals surface area contributed by atoms with Crippen LogP contribution in [0, 0.1) is 0 Å². The third-order valence-electron chi connectivity index (χ3n) is 4.66. The molecule has 0 aromatic heterocycles. The van der Waals surface area contributed by atoms with Crippen LogP contribution in [0.3, 0.4) is 0 Å². The number of hydrogen-bond acceptors (Lipinski definition) is 3. The third-order valence-corrected chi connectivity index (χ3v) is 12.7. The van der Waals surface area contributed by atoms with E-state index in [9.17, 15) is 0 Å². The van der Waals surface area contributed by atoms with Crippen LogP contribution in [0.1, 0.15) is 71.6 Å². The van der Waals surface area contributed by atoms with E-state index in [1.165, 1.54) is 70.9 Å². The molecule has 5 heteroatoms. The Hall–Kier alpha value is 0.314. The van der Waals surface area contributed by atoms with Gasteiger partial charge in [-0.2, -0.15) is 0 Å². The maximum absolute atomic E-state index is 4.21. The van der Waals surface area contributed by atoms with E-state index >= 15 is 0 Å². The van der Waals surface area contributed by atoms with E-state index < -0.39 is 16.8 Å². The first-order chi connectivity index (χ1) is 10.4. The molecule has 3 nitrogen and oxygen atoms in total. The molecule has 3 N–H and O–H groups in total. The summed E-state index contributed by atoms with van der Waals surface area (Å²) in [6, 6.07) is 0. The molecule has 22 heavy (non-hydrogen) atoms. The molecule has 1 aliphatic rings. The molecule has 0 atom stereocenters. The van der Waals surface area contributed by atoms with Crippen LogP contribution in [0.25, 0.3) is 0 Å². The maximum atomic E-state index is 4.21. The summed E-state index contributed by atoms with van der Waals surface area (Å²) in [7, 11) is -3.10. The van der Waals surface area contributed by atoms with E-state index in [-0.39, 0.29) is 0 Å². The SMILES string of the molecule is CCCCN[Si](NCCCC)(N[Si](C)(C)C)C1CCCCC1. The van der Waals surface area contributed by atoms with Crippen molar-refractivity contribution in [1.82, 2.24) is 14.6 Å². The van der Waals surface area contributed by atoms with Crippen LogP contribution in [-0.4, -0.2) is 29.9 Å². The van der Waals surface area contributed by atoms with Crippen molar-refractivity contribution in [3.8, 4) is 0 Å². The zero-order valence-corrected chi connectivity index (χ0v) is 17.9. The van der Waals surface area contributed by atoms with E-state index in [0.29, 0.717) is 0 Å². The predicted octanol–water partition coefficient (Wildman–Crippen LogP) is 4.46. The van der Waals surface area contributed by atoms with Gasteiger partial charge in [0.2, 0.25) is 0 Å². The lowest BCUT2D eigenvalue weighted by atomic mass is 10.0. The molecule has 0 aromatic rings. The zero-order valence-electron chi connectivity index (χ0n) is 15.9. The van der Waals surface area contributed by atoms with Crippen molar-refractivity contribution in [2.24, 2.45) is 0 Å². The Morgan fingerprint density at radius 2 is 1.32 bits per heavy atom. The zero-order chi connectivity index (χ0) is 16.5. The summed E-state index contributed by atoms with van der Waals surface area (Å²) in [6.45, 7) is 14.3. The van der Waals surface area contributed by atoms with Crippen LogP contribution >= 0.6 is 0 Å². The summed E-state index contributed by atoms with van der Waals surface area (Å²) < 4.78 is 4.21. The molecule has 1 fully saturated rings. The summed E-state index contributed by atoms with van der Waals surface area (Å²) >= 11 is 0. The summed E-state index contributed by atoms with van der Waals surface area (Å²) in [6.07, 6.45) is 12.3. The lowest BCUT2D eigenvalue weighted by Crippen LogP contribution is -2.79. The molecule has 0 bridgehead atoms. The molecule has 0 spiro atoms. The molecule has 1 rings (SSSR count). The quantitative estimate of drug-likeness (QED) is 0.383. The number of nitrogens with one attached hydrogen (secondary N) is 3. The summed E-state index contributed by atoms with van der Waals surface area (Å²) in [5, 5.41) is 0. The van der Waals surface area contributed by atoms with Crippen molar-refractivity contribution in [2.45, 2.75) is 96.8 Å². The minimum atomic E-state index is -1.79. The maximum Gasteiger partial charge on any atom is 0.277 e. The van der Waals surface area contributed by atoms with Crippen molar-refractivity contribution in [3.05, 3.63) is 0 Å². The Bertz CT molecular complexity index is 276. The largest absolute Gasteiger partial charge is 0.335 e. The van der Waals surface area contributed by atoms with Gasteiger partial charge < -0.3 is 14.6 Å². The van der Waals surface area contributed by atoms with Gasteiger partial charge in [0.05, 0.1) is 0 Å². The van der Waals surface area contributed by atoms with Crippen LogP contribution in [0.5, 0.6) is 0 Å². The Labute approximate surface area is 141 Å². The lowest BCUT2D eigenvalue weighted by Gasteiger charge is -2.45. The van der Waals surface area contributed by atoms with E-state index in [1.807, 2.05) is 0 Å². The molecule has 1 saturated carbocycles. The van der Waals surface area contributed by atoms with Crippen molar-refractivity contribution in [1.29, 1.82) is 0 Å². The molecule has 0 heterocycles. The van der Waals surface area contributed by atoms with Crippen LogP contribution in [0.4, 0.5) is 0 Å². The molecule has 132 valence electrons. The highest BCUT2D eigenvalue weighted by atomic mass is 28.4. The smallest absolute Gasteiger partial charge is 0.277 e. The molecule has 0 radical (unpaired) electrons. The fourth-order valence-corrected chi connectivity index (χ4v) is 13.0. The van der Waals surface area contributed by atoms with Gasteiger partial charge in [0.25, 0.3) is 8.56 Å². The fraction of sp³-hybridized carbons (Fsp3) is 1.00. The summed E-state index contributed by atoms with van der Waals surface area (Å²) in [5.41, 5.74) is 0.863. The van der Waals surface area contributed by atoms with Gasteiger partial charge in [-0.1, -0.05) is 65.6 Å². The van der Waals surface area contributed by atoms with Gasteiger partial charge >= 0.3 is 0 Å². The monoisotopic (exact) mass is 343 g/mol. The Morgan fingerprint density at radius 3 is 1.73 bits per heavy atom. The molecule has 1 aliphatic carbocycles. The highest BCUT2D eigenvalue weighted by Crippen LogP contribution is 2.34. The number of hydrogen-bond donors (Lipinski definition) is 3. The standard InChI is InChI=1S/C17H41N3Si2/c1-6-8-15-18-22(19-16-9-7-2,20-21(3,4)5)17-13-11-10-12-14-17/h17-20H,6-16H2,1-5H3. The van der Waals surface area contributed by atoms with E-state index in [2.05, 4.69) is 48.1 Å². The fourth-order valence-electron chi connectivity index (χ4n) is 3.59. The van der Waals surface area contributed by atoms with Gasteiger partial charge in [-0.05, 0) is 44.3 Å². The van der Waals surface area contributed by atoms with E-state index in [1.54, 1.807) is 0 Å². The lowest BCUT2D eigenvalue weighted by molar-refractivity contribution is 0.472. The van der Waals surface area contributed by atoms with Crippen LogP contribution in [0.15, 0.2) is 0 Å². The third kappa shape index (κ3) is 7.26. The van der Waals surface area contributed by atoms with Crippen molar-refractivity contribution < 1.29 is 0 Å². The molecule has 0 amide bonds. The molecular formula is C17H41N3Si2. The number of rotatable bonds is 11. The van der Waals surface area contributed by atoms with Gasteiger partial charge in [0.1, 0.15) is 8.24 Å². The molecular weight excluding hydrogens is 302 g/mol. The Balaban J connectivity index is 2.86. The van der Waals surface area contributed by atoms with Crippen LogP contribution in [-0.2, 0) is 0 Å². The summed E-state index contributed by atoms with van der Waals surface area (Å²) in [5.74, 6) is 0. The first-order valence-electron chi connectivity index (χ1n) is 9.73. The van der Waals surface area contributed by atoms with Crippen molar-refractivity contribution in [2.75, 3.05) is 13.1 Å². The second kappa shape index (κ2) is 10.2. The Kier molecular flexibility index (Phi) is 9.47. The van der Waals surface area contributed by atoms with Crippen LogP contribution < -0.4 is 14.6 Å². The van der Waals surface area contributed by atoms with Gasteiger partial charge in [-0.3, -0.25) is 0 Å². The average molecular weight is 344 g/mol. The second-order valence-electron chi connectivity index (χ2n) is 8.08. The first kappa shape index (κ1) is 20.4. The number of unbranched alkanes of at least 4 members (excludes halogenated alkanes) is 2. The van der Waals surface area contributed by atoms with Gasteiger partial charge in [-0.25, -0.2) is 0 Å². The van der Waals surface area contributed by atoms with Gasteiger partial charge in [-0.15, -0.1) is 0 Å². The predicted molar refractivity (Wildman–Crippen MR) is 105 cm³/mol. The van der Waals surface area contributed by atoms with Crippen molar-refractivity contribution >= 4 is 16.8 Å². The van der Waals surface area contributed by atoms with Crippen molar-refractivity contribution in [3.63, 3.8) is 0 Å². The molecule has 0 unspecified atom stereocenters. The normalized spacial score (nSPS) is 17.9. The van der Waals surface area contributed by atoms with Gasteiger partial charge in [0, 0.05) is 0 Å². The average Bonchev–Trinajstić information content (AvgIpc) is 2.47. The highest BCUT2D eigenvalue weighted by Gasteiger charge is 2.44. The molecule has 0 aromatic carbocycles. The molecule has 0 saturated heterocycles. The summed E-state index contributed by atoms with van der Waals surface area (Å²) in [4.78, 5) is 8.14. The van der Waals surface area contributed by atoms with Crippen LogP contribution in [0.2, 0.25) is 25.2 Å². The van der Waals surface area contributed by atoms with Gasteiger partial charge in [0.15, 0.2) is 0 Å². The van der Waals surface area contributed by atoms with E-state index in [0.717, 1.165) is 5.54 Å².